The van der Waals surface area contributed by atoms with Crippen molar-refractivity contribution in [2.24, 2.45) is 0 Å². The van der Waals surface area contributed by atoms with E-state index in [-0.39, 0.29) is 5.25 Å². The zero-order valence-electron chi connectivity index (χ0n) is 12.7. The van der Waals surface area contributed by atoms with E-state index in [1.165, 1.54) is 11.3 Å². The van der Waals surface area contributed by atoms with E-state index in [0.717, 1.165) is 10.4 Å². The summed E-state index contributed by atoms with van der Waals surface area (Å²) in [5.74, 6) is 0. The van der Waals surface area contributed by atoms with E-state index >= 15 is 0 Å². The van der Waals surface area contributed by atoms with Crippen molar-refractivity contribution in [3.63, 3.8) is 0 Å². The van der Waals surface area contributed by atoms with Gasteiger partial charge < -0.3 is 5.32 Å². The largest absolute Gasteiger partial charge is 0.310 e. The summed E-state index contributed by atoms with van der Waals surface area (Å²) in [6.45, 7) is 9.28. The van der Waals surface area contributed by atoms with E-state index in [2.05, 4.69) is 23.9 Å². The molecule has 1 atom stereocenters. The molecular formula is C13H24N2O2S3. The number of rotatable bonds is 8. The molecule has 20 heavy (non-hydrogen) atoms. The standard InChI is InChI=1S/C13H24N2O2S3/c1-9(2)14-8-12-10(3)6-13(19-12)20(16,17)15-7-11(4)18-5/h6,9,11,14-15H,7-8H2,1-5H3. The summed E-state index contributed by atoms with van der Waals surface area (Å²) in [5, 5.41) is 3.59. The molecule has 0 aromatic carbocycles. The monoisotopic (exact) mass is 336 g/mol. The van der Waals surface area contributed by atoms with Gasteiger partial charge in [0.2, 0.25) is 10.0 Å². The number of hydrogen-bond acceptors (Lipinski definition) is 5. The molecule has 0 radical (unpaired) electrons. The molecule has 0 fully saturated rings. The van der Waals surface area contributed by atoms with Crippen molar-refractivity contribution in [2.75, 3.05) is 12.8 Å². The fraction of sp³-hybridized carbons (Fsp3) is 0.692. The van der Waals surface area contributed by atoms with Gasteiger partial charge in [-0.15, -0.1) is 11.3 Å². The lowest BCUT2D eigenvalue weighted by Crippen LogP contribution is -2.28. The minimum Gasteiger partial charge on any atom is -0.310 e. The fourth-order valence-electron chi connectivity index (χ4n) is 1.47. The smallest absolute Gasteiger partial charge is 0.250 e. The molecule has 0 saturated carbocycles. The predicted octanol–water partition coefficient (Wildman–Crippen LogP) is 2.58. The Morgan fingerprint density at radius 1 is 1.35 bits per heavy atom. The van der Waals surface area contributed by atoms with Crippen LogP contribution in [0.1, 0.15) is 31.2 Å². The van der Waals surface area contributed by atoms with Crippen LogP contribution in [0.3, 0.4) is 0 Å². The third kappa shape index (κ3) is 5.37. The zero-order valence-corrected chi connectivity index (χ0v) is 15.1. The Hall–Kier alpha value is -0.0800. The summed E-state index contributed by atoms with van der Waals surface area (Å²) in [5.41, 5.74) is 1.03. The van der Waals surface area contributed by atoms with Gasteiger partial charge in [-0.2, -0.15) is 11.8 Å². The van der Waals surface area contributed by atoms with Gasteiger partial charge in [0, 0.05) is 29.3 Å². The highest BCUT2D eigenvalue weighted by Crippen LogP contribution is 2.26. The SMILES string of the molecule is CSC(C)CNS(=O)(=O)c1cc(C)c(CNC(C)C)s1. The molecule has 4 nitrogen and oxygen atoms in total. The molecule has 1 unspecified atom stereocenters. The Balaban J connectivity index is 2.78. The van der Waals surface area contributed by atoms with E-state index < -0.39 is 10.0 Å². The van der Waals surface area contributed by atoms with Crippen LogP contribution < -0.4 is 10.0 Å². The molecule has 0 amide bonds. The summed E-state index contributed by atoms with van der Waals surface area (Å²) < 4.78 is 27.5. The highest BCUT2D eigenvalue weighted by molar-refractivity contribution is 7.99. The number of thiophene rings is 1. The van der Waals surface area contributed by atoms with Crippen LogP contribution in [-0.2, 0) is 16.6 Å². The minimum absolute atomic E-state index is 0.271. The summed E-state index contributed by atoms with van der Waals surface area (Å²) in [7, 11) is -3.38. The molecule has 0 aliphatic carbocycles. The first kappa shape index (κ1) is 18.0. The first-order chi connectivity index (χ1) is 9.26. The van der Waals surface area contributed by atoms with Crippen LogP contribution in [0.25, 0.3) is 0 Å². The van der Waals surface area contributed by atoms with Crippen LogP contribution in [0.5, 0.6) is 0 Å². The Morgan fingerprint density at radius 3 is 2.55 bits per heavy atom. The van der Waals surface area contributed by atoms with E-state index in [0.29, 0.717) is 23.3 Å². The molecule has 116 valence electrons. The lowest BCUT2D eigenvalue weighted by Gasteiger charge is -2.09. The van der Waals surface area contributed by atoms with Gasteiger partial charge in [-0.3, -0.25) is 0 Å². The quantitative estimate of drug-likeness (QED) is 0.766. The average molecular weight is 337 g/mol. The van der Waals surface area contributed by atoms with Gasteiger partial charge >= 0.3 is 0 Å². The van der Waals surface area contributed by atoms with Crippen molar-refractivity contribution in [1.29, 1.82) is 0 Å². The van der Waals surface area contributed by atoms with Crippen molar-refractivity contribution in [3.05, 3.63) is 16.5 Å². The van der Waals surface area contributed by atoms with Crippen LogP contribution in [-0.4, -0.2) is 32.5 Å². The van der Waals surface area contributed by atoms with Gasteiger partial charge in [-0.1, -0.05) is 20.8 Å². The first-order valence-corrected chi connectivity index (χ1v) is 10.2. The molecule has 0 aliphatic rings. The maximum Gasteiger partial charge on any atom is 0.250 e. The van der Waals surface area contributed by atoms with Gasteiger partial charge in [-0.05, 0) is 24.8 Å². The second kappa shape index (κ2) is 7.79. The van der Waals surface area contributed by atoms with Crippen molar-refractivity contribution in [3.8, 4) is 0 Å². The lowest BCUT2D eigenvalue weighted by molar-refractivity contribution is 0.583. The molecule has 0 saturated heterocycles. The molecular weight excluding hydrogens is 312 g/mol. The van der Waals surface area contributed by atoms with E-state index in [1.807, 2.05) is 20.1 Å². The number of sulfonamides is 1. The third-order valence-corrected chi connectivity index (χ3v) is 7.00. The molecule has 7 heteroatoms. The summed E-state index contributed by atoms with van der Waals surface area (Å²) in [6.07, 6.45) is 1.98. The van der Waals surface area contributed by atoms with E-state index in [1.54, 1.807) is 17.8 Å². The predicted molar refractivity (Wildman–Crippen MR) is 89.2 cm³/mol. The zero-order chi connectivity index (χ0) is 15.3. The normalized spacial score (nSPS) is 13.9. The topological polar surface area (TPSA) is 58.2 Å². The molecule has 0 spiro atoms. The number of aryl methyl sites for hydroxylation is 1. The highest BCUT2D eigenvalue weighted by atomic mass is 32.2. The van der Waals surface area contributed by atoms with Crippen LogP contribution in [0, 0.1) is 6.92 Å². The molecule has 0 bridgehead atoms. The highest BCUT2D eigenvalue weighted by Gasteiger charge is 2.19. The Morgan fingerprint density at radius 2 is 2.00 bits per heavy atom. The molecule has 1 rings (SSSR count). The van der Waals surface area contributed by atoms with E-state index in [9.17, 15) is 8.42 Å². The molecule has 1 aromatic heterocycles. The summed E-state index contributed by atoms with van der Waals surface area (Å²) in [6, 6.07) is 2.14. The molecule has 2 N–H and O–H groups in total. The van der Waals surface area contributed by atoms with Crippen molar-refractivity contribution >= 4 is 33.1 Å². The fourth-order valence-corrected chi connectivity index (χ4v) is 4.55. The number of hydrogen-bond donors (Lipinski definition) is 2. The van der Waals surface area contributed by atoms with Crippen molar-refractivity contribution in [2.45, 2.75) is 49.7 Å². The number of thioether (sulfide) groups is 1. The Labute approximate surface area is 130 Å². The van der Waals surface area contributed by atoms with Crippen LogP contribution in [0.4, 0.5) is 0 Å². The molecule has 0 aliphatic heterocycles. The average Bonchev–Trinajstić information content (AvgIpc) is 2.75. The number of nitrogens with one attached hydrogen (secondary N) is 2. The van der Waals surface area contributed by atoms with Crippen molar-refractivity contribution < 1.29 is 8.42 Å². The van der Waals surface area contributed by atoms with E-state index in [4.69, 9.17) is 0 Å². The van der Waals surface area contributed by atoms with Gasteiger partial charge in [0.25, 0.3) is 0 Å². The molecule has 1 heterocycles. The van der Waals surface area contributed by atoms with Crippen LogP contribution >= 0.6 is 23.1 Å². The second-order valence-electron chi connectivity index (χ2n) is 5.11. The summed E-state index contributed by atoms with van der Waals surface area (Å²) in [4.78, 5) is 1.08. The first-order valence-electron chi connectivity index (χ1n) is 6.61. The maximum absolute atomic E-state index is 12.2. The minimum atomic E-state index is -3.38. The summed E-state index contributed by atoms with van der Waals surface area (Å²) >= 11 is 2.99. The van der Waals surface area contributed by atoms with Crippen LogP contribution in [0.2, 0.25) is 0 Å². The Bertz CT molecular complexity index is 524. The molecule has 1 aromatic rings. The van der Waals surface area contributed by atoms with Crippen LogP contribution in [0.15, 0.2) is 10.3 Å². The Kier molecular flexibility index (Phi) is 7.00. The third-order valence-electron chi connectivity index (χ3n) is 2.90. The van der Waals surface area contributed by atoms with Gasteiger partial charge in [0.05, 0.1) is 0 Å². The maximum atomic E-state index is 12.2. The van der Waals surface area contributed by atoms with Gasteiger partial charge in [0.15, 0.2) is 0 Å². The second-order valence-corrected chi connectivity index (χ2v) is 9.51. The van der Waals surface area contributed by atoms with Gasteiger partial charge in [-0.25, -0.2) is 13.1 Å². The lowest BCUT2D eigenvalue weighted by atomic mass is 10.3. The van der Waals surface area contributed by atoms with Crippen molar-refractivity contribution in [1.82, 2.24) is 10.0 Å². The van der Waals surface area contributed by atoms with Gasteiger partial charge in [0.1, 0.15) is 4.21 Å².